The number of rotatable bonds is 10. The first kappa shape index (κ1) is 16.4. The average Bonchev–Trinajstić information content (AvgIpc) is 2.33. The monoisotopic (exact) mass is 246 g/mol. The van der Waals surface area contributed by atoms with Crippen LogP contribution in [-0.4, -0.2) is 43.9 Å². The first-order valence-corrected chi connectivity index (χ1v) is 6.27. The van der Waals surface area contributed by atoms with E-state index in [1.807, 2.05) is 0 Å². The van der Waals surface area contributed by atoms with Crippen molar-refractivity contribution in [2.75, 3.05) is 26.9 Å². The van der Waals surface area contributed by atoms with Crippen LogP contribution in [0.2, 0.25) is 0 Å². The van der Waals surface area contributed by atoms with Crippen LogP contribution >= 0.6 is 0 Å². The number of amides is 1. The highest BCUT2D eigenvalue weighted by molar-refractivity contribution is 5.76. The predicted molar refractivity (Wildman–Crippen MR) is 67.6 cm³/mol. The molecule has 102 valence electrons. The molecule has 0 aliphatic heterocycles. The minimum Gasteiger partial charge on any atom is -0.394 e. The van der Waals surface area contributed by atoms with Gasteiger partial charge in [-0.2, -0.15) is 0 Å². The van der Waals surface area contributed by atoms with Crippen molar-refractivity contribution in [1.29, 1.82) is 0 Å². The van der Waals surface area contributed by atoms with E-state index in [2.05, 4.69) is 12.2 Å². The lowest BCUT2D eigenvalue weighted by Gasteiger charge is -2.17. The molecule has 0 heterocycles. The molecule has 0 spiro atoms. The van der Waals surface area contributed by atoms with Crippen molar-refractivity contribution in [3.8, 4) is 0 Å². The normalized spacial score (nSPS) is 14.4. The molecule has 5 heteroatoms. The van der Waals surface area contributed by atoms with Crippen LogP contribution in [0.1, 0.15) is 32.6 Å². The van der Waals surface area contributed by atoms with E-state index in [1.165, 1.54) is 0 Å². The minimum absolute atomic E-state index is 0.0310. The van der Waals surface area contributed by atoms with E-state index in [1.54, 1.807) is 7.11 Å². The highest BCUT2D eigenvalue weighted by atomic mass is 16.5. The zero-order valence-corrected chi connectivity index (χ0v) is 10.9. The smallest absolute Gasteiger partial charge is 0.220 e. The summed E-state index contributed by atoms with van der Waals surface area (Å²) in [4.78, 5) is 11.6. The van der Waals surface area contributed by atoms with E-state index in [-0.39, 0.29) is 18.6 Å². The fourth-order valence-corrected chi connectivity index (χ4v) is 1.76. The molecule has 4 N–H and O–H groups in total. The molecule has 0 saturated heterocycles. The predicted octanol–water partition coefficient (Wildman–Crippen LogP) is 0.265. The van der Waals surface area contributed by atoms with E-state index in [0.29, 0.717) is 25.5 Å². The van der Waals surface area contributed by atoms with Gasteiger partial charge in [-0.05, 0) is 25.3 Å². The van der Waals surface area contributed by atoms with Crippen LogP contribution in [0.15, 0.2) is 0 Å². The van der Waals surface area contributed by atoms with Gasteiger partial charge in [-0.1, -0.05) is 13.3 Å². The van der Waals surface area contributed by atoms with Gasteiger partial charge in [0.1, 0.15) is 0 Å². The number of nitrogens with two attached hydrogens (primary N) is 1. The van der Waals surface area contributed by atoms with E-state index in [4.69, 9.17) is 15.6 Å². The molecule has 0 aliphatic carbocycles. The fourth-order valence-electron chi connectivity index (χ4n) is 1.76. The SMILES string of the molecule is CCC(CCN)CCC(=O)NC(CO)COC. The van der Waals surface area contributed by atoms with Crippen LogP contribution in [0, 0.1) is 5.92 Å². The first-order chi connectivity index (χ1) is 8.17. The second-order valence-corrected chi connectivity index (χ2v) is 4.29. The van der Waals surface area contributed by atoms with Gasteiger partial charge >= 0.3 is 0 Å². The van der Waals surface area contributed by atoms with Gasteiger partial charge in [-0.3, -0.25) is 4.79 Å². The molecule has 0 rings (SSSR count). The summed E-state index contributed by atoms with van der Waals surface area (Å²) in [6.07, 6.45) is 3.35. The Labute approximate surface area is 104 Å². The molecule has 17 heavy (non-hydrogen) atoms. The van der Waals surface area contributed by atoms with E-state index >= 15 is 0 Å². The summed E-state index contributed by atoms with van der Waals surface area (Å²) in [6, 6.07) is -0.304. The van der Waals surface area contributed by atoms with Gasteiger partial charge in [-0.25, -0.2) is 0 Å². The molecule has 5 nitrogen and oxygen atoms in total. The lowest BCUT2D eigenvalue weighted by atomic mass is 9.96. The van der Waals surface area contributed by atoms with Crippen LogP contribution in [0.3, 0.4) is 0 Å². The van der Waals surface area contributed by atoms with Gasteiger partial charge < -0.3 is 20.9 Å². The molecule has 0 saturated carbocycles. The molecule has 0 aromatic rings. The molecule has 0 fully saturated rings. The highest BCUT2D eigenvalue weighted by Crippen LogP contribution is 2.14. The average molecular weight is 246 g/mol. The number of methoxy groups -OCH3 is 1. The summed E-state index contributed by atoms with van der Waals surface area (Å²) in [6.45, 7) is 3.02. The second-order valence-electron chi connectivity index (χ2n) is 4.29. The molecule has 1 amide bonds. The summed E-state index contributed by atoms with van der Waals surface area (Å²) >= 11 is 0. The quantitative estimate of drug-likeness (QED) is 0.516. The number of aliphatic hydroxyl groups excluding tert-OH is 1. The van der Waals surface area contributed by atoms with Crippen molar-refractivity contribution in [3.05, 3.63) is 0 Å². The van der Waals surface area contributed by atoms with Crippen molar-refractivity contribution in [3.63, 3.8) is 0 Å². The molecule has 0 radical (unpaired) electrons. The van der Waals surface area contributed by atoms with Gasteiger partial charge in [0.25, 0.3) is 0 Å². The Hall–Kier alpha value is -0.650. The van der Waals surface area contributed by atoms with Gasteiger partial charge in [0, 0.05) is 13.5 Å². The third kappa shape index (κ3) is 8.12. The van der Waals surface area contributed by atoms with Crippen LogP contribution in [0.4, 0.5) is 0 Å². The highest BCUT2D eigenvalue weighted by Gasteiger charge is 2.13. The molecule has 2 unspecified atom stereocenters. The lowest BCUT2D eigenvalue weighted by molar-refractivity contribution is -0.122. The summed E-state index contributed by atoms with van der Waals surface area (Å²) in [5.74, 6) is 0.484. The summed E-state index contributed by atoms with van der Waals surface area (Å²) in [5, 5.41) is 11.7. The third-order valence-electron chi connectivity index (χ3n) is 2.89. The molecular formula is C12H26N2O3. The summed E-state index contributed by atoms with van der Waals surface area (Å²) < 4.78 is 4.89. The van der Waals surface area contributed by atoms with E-state index in [9.17, 15) is 4.79 Å². The Balaban J connectivity index is 3.83. The molecule has 2 atom stereocenters. The van der Waals surface area contributed by atoms with Crippen molar-refractivity contribution in [1.82, 2.24) is 5.32 Å². The van der Waals surface area contributed by atoms with Crippen molar-refractivity contribution in [2.24, 2.45) is 11.7 Å². The zero-order valence-electron chi connectivity index (χ0n) is 10.9. The van der Waals surface area contributed by atoms with Crippen LogP contribution in [0.25, 0.3) is 0 Å². The van der Waals surface area contributed by atoms with Crippen molar-refractivity contribution in [2.45, 2.75) is 38.6 Å². The first-order valence-electron chi connectivity index (χ1n) is 6.27. The Morgan fingerprint density at radius 3 is 2.65 bits per heavy atom. The maximum Gasteiger partial charge on any atom is 0.220 e. The second kappa shape index (κ2) is 10.5. The largest absolute Gasteiger partial charge is 0.394 e. The van der Waals surface area contributed by atoms with Gasteiger partial charge in [0.05, 0.1) is 19.3 Å². The van der Waals surface area contributed by atoms with Crippen molar-refractivity contribution < 1.29 is 14.6 Å². The Morgan fingerprint density at radius 2 is 2.18 bits per heavy atom. The fraction of sp³-hybridized carbons (Fsp3) is 0.917. The number of carbonyl (C=O) groups is 1. The summed E-state index contributed by atoms with van der Waals surface area (Å²) in [5.41, 5.74) is 5.50. The van der Waals surface area contributed by atoms with E-state index < -0.39 is 0 Å². The minimum atomic E-state index is -0.304. The number of aliphatic hydroxyl groups is 1. The molecule has 0 aromatic carbocycles. The molecule has 0 bridgehead atoms. The third-order valence-corrected chi connectivity index (χ3v) is 2.89. The topological polar surface area (TPSA) is 84.6 Å². The lowest BCUT2D eigenvalue weighted by Crippen LogP contribution is -2.40. The van der Waals surface area contributed by atoms with Gasteiger partial charge in [0.2, 0.25) is 5.91 Å². The van der Waals surface area contributed by atoms with Crippen LogP contribution in [0.5, 0.6) is 0 Å². The zero-order chi connectivity index (χ0) is 13.1. The molecular weight excluding hydrogens is 220 g/mol. The standard InChI is InChI=1S/C12H26N2O3/c1-3-10(6-7-13)4-5-12(16)14-11(8-15)9-17-2/h10-11,15H,3-9,13H2,1-2H3,(H,14,16). The Morgan fingerprint density at radius 1 is 1.47 bits per heavy atom. The van der Waals surface area contributed by atoms with Crippen LogP contribution < -0.4 is 11.1 Å². The Bertz CT molecular complexity index is 200. The maximum absolute atomic E-state index is 11.6. The number of nitrogens with one attached hydrogen (secondary N) is 1. The number of hydrogen-bond donors (Lipinski definition) is 3. The number of ether oxygens (including phenoxy) is 1. The van der Waals surface area contributed by atoms with Crippen LogP contribution in [-0.2, 0) is 9.53 Å². The molecule has 0 aliphatic rings. The Kier molecular flexibility index (Phi) is 10.1. The number of carbonyl (C=O) groups excluding carboxylic acids is 1. The maximum atomic E-state index is 11.6. The van der Waals surface area contributed by atoms with Gasteiger partial charge in [-0.15, -0.1) is 0 Å². The molecule has 0 aromatic heterocycles. The van der Waals surface area contributed by atoms with Crippen molar-refractivity contribution >= 4 is 5.91 Å². The van der Waals surface area contributed by atoms with Gasteiger partial charge in [0.15, 0.2) is 0 Å². The number of hydrogen-bond acceptors (Lipinski definition) is 4. The summed E-state index contributed by atoms with van der Waals surface area (Å²) in [7, 11) is 1.54. The van der Waals surface area contributed by atoms with E-state index in [0.717, 1.165) is 19.3 Å².